The van der Waals surface area contributed by atoms with Gasteiger partial charge in [0.25, 0.3) is 10.0 Å². The Balaban J connectivity index is 1.45. The summed E-state index contributed by atoms with van der Waals surface area (Å²) in [5, 5.41) is 11.4. The van der Waals surface area contributed by atoms with Crippen molar-refractivity contribution in [2.24, 2.45) is 0 Å². The number of rotatable bonds is 6. The molecule has 150 valence electrons. The van der Waals surface area contributed by atoms with E-state index in [9.17, 15) is 8.42 Å². The van der Waals surface area contributed by atoms with Gasteiger partial charge in [-0.3, -0.25) is 4.72 Å². The summed E-state index contributed by atoms with van der Waals surface area (Å²) in [6.07, 6.45) is 4.18. The molecule has 0 spiro atoms. The number of aryl methyl sites for hydroxylation is 1. The average Bonchev–Trinajstić information content (AvgIpc) is 3.25. The Bertz CT molecular complexity index is 1090. The van der Waals surface area contributed by atoms with Crippen LogP contribution in [0.2, 0.25) is 0 Å². The fraction of sp³-hybridized carbons (Fsp3) is 0.238. The van der Waals surface area contributed by atoms with E-state index in [1.165, 1.54) is 12.8 Å². The van der Waals surface area contributed by atoms with Crippen LogP contribution in [0.1, 0.15) is 18.4 Å². The Morgan fingerprint density at radius 3 is 2.41 bits per heavy atom. The normalized spacial score (nSPS) is 14.0. The molecule has 0 atom stereocenters. The van der Waals surface area contributed by atoms with Crippen LogP contribution in [0.4, 0.5) is 22.9 Å². The quantitative estimate of drug-likeness (QED) is 0.641. The summed E-state index contributed by atoms with van der Waals surface area (Å²) in [5.41, 5.74) is 3.25. The van der Waals surface area contributed by atoms with Crippen LogP contribution in [0, 0.1) is 6.92 Å². The van der Waals surface area contributed by atoms with E-state index < -0.39 is 10.0 Å². The van der Waals surface area contributed by atoms with E-state index in [1.54, 1.807) is 48.7 Å². The van der Waals surface area contributed by atoms with Gasteiger partial charge in [-0.15, -0.1) is 5.10 Å². The highest BCUT2D eigenvalue weighted by atomic mass is 32.2. The lowest BCUT2D eigenvalue weighted by Gasteiger charge is -2.17. The van der Waals surface area contributed by atoms with E-state index in [-0.39, 0.29) is 4.90 Å². The molecular weight excluding hydrogens is 386 g/mol. The smallest absolute Gasteiger partial charge is 0.261 e. The molecule has 1 fully saturated rings. The van der Waals surface area contributed by atoms with Gasteiger partial charge in [-0.2, -0.15) is 5.10 Å². The first kappa shape index (κ1) is 19.2. The predicted molar refractivity (Wildman–Crippen MR) is 115 cm³/mol. The Morgan fingerprint density at radius 2 is 1.69 bits per heavy atom. The second-order valence-corrected chi connectivity index (χ2v) is 8.80. The van der Waals surface area contributed by atoms with Gasteiger partial charge in [0.05, 0.1) is 16.8 Å². The van der Waals surface area contributed by atoms with Crippen LogP contribution in [0.3, 0.4) is 0 Å². The Labute approximate surface area is 170 Å². The first-order chi connectivity index (χ1) is 14.0. The number of anilines is 4. The molecular formula is C21H23N5O2S. The zero-order valence-corrected chi connectivity index (χ0v) is 17.0. The van der Waals surface area contributed by atoms with Gasteiger partial charge in [0.2, 0.25) is 0 Å². The molecule has 29 heavy (non-hydrogen) atoms. The maximum absolute atomic E-state index is 12.5. The summed E-state index contributed by atoms with van der Waals surface area (Å²) in [6.45, 7) is 3.95. The van der Waals surface area contributed by atoms with Crippen LogP contribution in [-0.4, -0.2) is 31.7 Å². The first-order valence-corrected chi connectivity index (χ1v) is 11.0. The number of hydrogen-bond acceptors (Lipinski definition) is 6. The summed E-state index contributed by atoms with van der Waals surface area (Å²) in [7, 11) is -3.62. The number of hydrogen-bond donors (Lipinski definition) is 2. The van der Waals surface area contributed by atoms with Crippen molar-refractivity contribution in [1.82, 2.24) is 10.2 Å². The molecule has 0 radical (unpaired) electrons. The summed E-state index contributed by atoms with van der Waals surface area (Å²) in [4.78, 5) is 2.54. The summed E-state index contributed by atoms with van der Waals surface area (Å²) in [6, 6.07) is 15.8. The minimum Gasteiger partial charge on any atom is -0.370 e. The lowest BCUT2D eigenvalue weighted by atomic mass is 10.2. The van der Waals surface area contributed by atoms with Crippen LogP contribution in [0.25, 0.3) is 0 Å². The lowest BCUT2D eigenvalue weighted by Crippen LogP contribution is -2.18. The van der Waals surface area contributed by atoms with Crippen molar-refractivity contribution >= 4 is 32.9 Å². The molecule has 4 rings (SSSR count). The monoisotopic (exact) mass is 409 g/mol. The number of nitrogens with zero attached hydrogens (tertiary/aromatic N) is 3. The molecule has 1 aliphatic heterocycles. The number of nitrogens with one attached hydrogen (secondary N) is 2. The fourth-order valence-electron chi connectivity index (χ4n) is 3.33. The van der Waals surface area contributed by atoms with Gasteiger partial charge in [0.1, 0.15) is 0 Å². The van der Waals surface area contributed by atoms with Crippen molar-refractivity contribution < 1.29 is 8.42 Å². The van der Waals surface area contributed by atoms with Crippen molar-refractivity contribution in [3.8, 4) is 0 Å². The molecule has 0 amide bonds. The van der Waals surface area contributed by atoms with E-state index in [2.05, 4.69) is 25.1 Å². The minimum atomic E-state index is -3.62. The third-order valence-corrected chi connectivity index (χ3v) is 6.20. The van der Waals surface area contributed by atoms with E-state index in [1.807, 2.05) is 19.1 Å². The van der Waals surface area contributed by atoms with Crippen LogP contribution in [-0.2, 0) is 10.0 Å². The highest BCUT2D eigenvalue weighted by molar-refractivity contribution is 7.92. The largest absolute Gasteiger partial charge is 0.370 e. The molecule has 2 heterocycles. The standard InChI is InChI=1S/C21H23N5O2S/c1-16-5-4-6-20(13-16)29(27,28)25-18-9-7-17(8-10-18)23-21-14-19(15-22-24-21)26-11-2-3-12-26/h4-10,13-15,25H,2-3,11-12H2,1H3,(H,23,24). The topological polar surface area (TPSA) is 87.2 Å². The van der Waals surface area contributed by atoms with Crippen LogP contribution in [0.15, 0.2) is 65.7 Å². The molecule has 2 aromatic carbocycles. The molecule has 0 bridgehead atoms. The number of benzene rings is 2. The Hall–Kier alpha value is -3.13. The minimum absolute atomic E-state index is 0.244. The van der Waals surface area contributed by atoms with Gasteiger partial charge >= 0.3 is 0 Å². The molecule has 0 saturated carbocycles. The fourth-order valence-corrected chi connectivity index (χ4v) is 4.49. The van der Waals surface area contributed by atoms with Crippen molar-refractivity contribution in [1.29, 1.82) is 0 Å². The van der Waals surface area contributed by atoms with Crippen LogP contribution >= 0.6 is 0 Å². The van der Waals surface area contributed by atoms with Gasteiger partial charge in [-0.25, -0.2) is 8.42 Å². The number of sulfonamides is 1. The molecule has 1 saturated heterocycles. The lowest BCUT2D eigenvalue weighted by molar-refractivity contribution is 0.601. The van der Waals surface area contributed by atoms with Crippen LogP contribution in [0.5, 0.6) is 0 Å². The van der Waals surface area contributed by atoms with Crippen molar-refractivity contribution in [3.05, 3.63) is 66.4 Å². The van der Waals surface area contributed by atoms with Gasteiger partial charge in [0, 0.05) is 30.5 Å². The maximum atomic E-state index is 12.5. The molecule has 2 N–H and O–H groups in total. The Kier molecular flexibility index (Phi) is 5.35. The highest BCUT2D eigenvalue weighted by Gasteiger charge is 2.15. The molecule has 0 aliphatic carbocycles. The second-order valence-electron chi connectivity index (χ2n) is 7.12. The third kappa shape index (κ3) is 4.65. The van der Waals surface area contributed by atoms with Gasteiger partial charge in [0.15, 0.2) is 5.82 Å². The Morgan fingerprint density at radius 1 is 0.966 bits per heavy atom. The predicted octanol–water partition coefficient (Wildman–Crippen LogP) is 3.93. The maximum Gasteiger partial charge on any atom is 0.261 e. The summed E-state index contributed by atoms with van der Waals surface area (Å²) in [5.74, 6) is 0.655. The molecule has 7 nitrogen and oxygen atoms in total. The molecule has 1 aliphatic rings. The van der Waals surface area contributed by atoms with Crippen molar-refractivity contribution in [2.45, 2.75) is 24.7 Å². The van der Waals surface area contributed by atoms with Gasteiger partial charge in [-0.05, 0) is 61.7 Å². The van der Waals surface area contributed by atoms with Crippen molar-refractivity contribution in [3.63, 3.8) is 0 Å². The zero-order chi connectivity index (χ0) is 20.3. The molecule has 8 heteroatoms. The SMILES string of the molecule is Cc1cccc(S(=O)(=O)Nc2ccc(Nc3cc(N4CCCC4)cnn3)cc2)c1. The van der Waals surface area contributed by atoms with Gasteiger partial charge in [-0.1, -0.05) is 12.1 Å². The second kappa shape index (κ2) is 8.08. The van der Waals surface area contributed by atoms with E-state index in [4.69, 9.17) is 0 Å². The van der Waals surface area contributed by atoms with Crippen LogP contribution < -0.4 is 14.9 Å². The third-order valence-electron chi connectivity index (χ3n) is 4.82. The molecule has 1 aromatic heterocycles. The van der Waals surface area contributed by atoms with E-state index in [0.717, 1.165) is 30.0 Å². The summed E-state index contributed by atoms with van der Waals surface area (Å²) < 4.78 is 27.7. The molecule has 3 aromatic rings. The first-order valence-electron chi connectivity index (χ1n) is 9.54. The average molecular weight is 410 g/mol. The molecule has 0 unspecified atom stereocenters. The van der Waals surface area contributed by atoms with Gasteiger partial charge < -0.3 is 10.2 Å². The van der Waals surface area contributed by atoms with Crippen molar-refractivity contribution in [2.75, 3.05) is 28.0 Å². The highest BCUT2D eigenvalue weighted by Crippen LogP contribution is 2.24. The zero-order valence-electron chi connectivity index (χ0n) is 16.2. The number of aromatic nitrogens is 2. The van der Waals surface area contributed by atoms with E-state index in [0.29, 0.717) is 11.5 Å². The van der Waals surface area contributed by atoms with E-state index >= 15 is 0 Å². The summed E-state index contributed by atoms with van der Waals surface area (Å²) >= 11 is 0.